The van der Waals surface area contributed by atoms with Crippen molar-refractivity contribution in [2.45, 2.75) is 26.3 Å². The molecule has 0 aliphatic carbocycles. The van der Waals surface area contributed by atoms with Gasteiger partial charge in [0.05, 0.1) is 12.5 Å². The van der Waals surface area contributed by atoms with Crippen molar-refractivity contribution in [3.05, 3.63) is 35.6 Å². The van der Waals surface area contributed by atoms with Gasteiger partial charge in [-0.3, -0.25) is 9.79 Å². The Labute approximate surface area is 159 Å². The van der Waals surface area contributed by atoms with Crippen LogP contribution in [0.15, 0.2) is 29.3 Å². The molecule has 0 bridgehead atoms. The molecule has 1 aromatic rings. The van der Waals surface area contributed by atoms with Crippen LogP contribution in [-0.2, 0) is 16.1 Å². The average Bonchev–Trinajstić information content (AvgIpc) is 2.57. The van der Waals surface area contributed by atoms with Crippen LogP contribution in [0.3, 0.4) is 0 Å². The van der Waals surface area contributed by atoms with Gasteiger partial charge in [0.15, 0.2) is 5.96 Å². The molecule has 1 N–H and O–H groups in total. The monoisotopic (exact) mass is 449 g/mol. The number of carbonyl (C=O) groups is 1. The summed E-state index contributed by atoms with van der Waals surface area (Å²) in [6, 6.07) is 6.37. The standard InChI is InChI=1S/C17H24FN3O2.HI/c1-3-23-16(22)14-5-4-10-21(12-14)17(19-2)20-11-13-6-8-15(18)9-7-13;/h6-9,14H,3-5,10-12H2,1-2H3,(H,19,20);1H. The zero-order valence-electron chi connectivity index (χ0n) is 14.1. The van der Waals surface area contributed by atoms with Gasteiger partial charge in [0.1, 0.15) is 5.82 Å². The molecule has 7 heteroatoms. The molecule has 1 aliphatic rings. The number of piperidine rings is 1. The molecule has 0 radical (unpaired) electrons. The second-order valence-corrected chi connectivity index (χ2v) is 5.56. The van der Waals surface area contributed by atoms with Gasteiger partial charge >= 0.3 is 5.97 Å². The summed E-state index contributed by atoms with van der Waals surface area (Å²) < 4.78 is 18.1. The Balaban J connectivity index is 0.00000288. The molecule has 5 nitrogen and oxygen atoms in total. The maximum absolute atomic E-state index is 12.9. The lowest BCUT2D eigenvalue weighted by atomic mass is 9.98. The number of hydrogen-bond acceptors (Lipinski definition) is 3. The molecule has 1 unspecified atom stereocenters. The Morgan fingerprint density at radius 3 is 2.75 bits per heavy atom. The van der Waals surface area contributed by atoms with Crippen molar-refractivity contribution in [1.29, 1.82) is 0 Å². The maximum atomic E-state index is 12.9. The number of nitrogens with one attached hydrogen (secondary N) is 1. The van der Waals surface area contributed by atoms with Crippen LogP contribution in [0.5, 0.6) is 0 Å². The van der Waals surface area contributed by atoms with Crippen LogP contribution >= 0.6 is 24.0 Å². The fourth-order valence-electron chi connectivity index (χ4n) is 2.74. The maximum Gasteiger partial charge on any atom is 0.310 e. The largest absolute Gasteiger partial charge is 0.466 e. The quantitative estimate of drug-likeness (QED) is 0.333. The van der Waals surface area contributed by atoms with Crippen molar-refractivity contribution in [3.63, 3.8) is 0 Å². The molecule has 134 valence electrons. The summed E-state index contributed by atoms with van der Waals surface area (Å²) in [5, 5.41) is 3.27. The third kappa shape index (κ3) is 5.92. The van der Waals surface area contributed by atoms with Crippen molar-refractivity contribution in [1.82, 2.24) is 10.2 Å². The number of halogens is 2. The Morgan fingerprint density at radius 2 is 2.12 bits per heavy atom. The lowest BCUT2D eigenvalue weighted by molar-refractivity contribution is -0.149. The van der Waals surface area contributed by atoms with E-state index in [-0.39, 0.29) is 41.7 Å². The minimum atomic E-state index is -0.244. The first-order chi connectivity index (χ1) is 11.1. The summed E-state index contributed by atoms with van der Waals surface area (Å²) in [4.78, 5) is 18.3. The van der Waals surface area contributed by atoms with Crippen LogP contribution in [0.1, 0.15) is 25.3 Å². The fourth-order valence-corrected chi connectivity index (χ4v) is 2.74. The molecule has 24 heavy (non-hydrogen) atoms. The van der Waals surface area contributed by atoms with Crippen molar-refractivity contribution in [3.8, 4) is 0 Å². The van der Waals surface area contributed by atoms with Crippen LogP contribution in [0, 0.1) is 11.7 Å². The molecule has 1 heterocycles. The van der Waals surface area contributed by atoms with Crippen molar-refractivity contribution in [2.75, 3.05) is 26.7 Å². The number of carbonyl (C=O) groups excluding carboxylic acids is 1. The summed E-state index contributed by atoms with van der Waals surface area (Å²) in [6.45, 7) is 4.27. The van der Waals surface area contributed by atoms with Gasteiger partial charge in [-0.05, 0) is 37.5 Å². The fraction of sp³-hybridized carbons (Fsp3) is 0.529. The number of hydrogen-bond donors (Lipinski definition) is 1. The van der Waals surface area contributed by atoms with E-state index in [1.165, 1.54) is 12.1 Å². The van der Waals surface area contributed by atoms with Gasteiger partial charge in [0.2, 0.25) is 0 Å². The first kappa shape index (κ1) is 20.7. The van der Waals surface area contributed by atoms with Crippen LogP contribution < -0.4 is 5.32 Å². The first-order valence-electron chi connectivity index (χ1n) is 8.00. The van der Waals surface area contributed by atoms with E-state index >= 15 is 0 Å². The normalized spacial score (nSPS) is 17.9. The molecule has 1 fully saturated rings. The van der Waals surface area contributed by atoms with Gasteiger partial charge in [-0.15, -0.1) is 24.0 Å². The molecule has 1 aromatic carbocycles. The molecule has 1 aliphatic heterocycles. The second-order valence-electron chi connectivity index (χ2n) is 5.56. The number of rotatable bonds is 4. The van der Waals surface area contributed by atoms with E-state index in [1.54, 1.807) is 19.2 Å². The topological polar surface area (TPSA) is 53.9 Å². The smallest absolute Gasteiger partial charge is 0.310 e. The highest BCUT2D eigenvalue weighted by molar-refractivity contribution is 14.0. The number of aliphatic imine (C=N–C) groups is 1. The van der Waals surface area contributed by atoms with E-state index in [1.807, 2.05) is 6.92 Å². The summed E-state index contributed by atoms with van der Waals surface area (Å²) >= 11 is 0. The molecule has 0 spiro atoms. The summed E-state index contributed by atoms with van der Waals surface area (Å²) in [5.41, 5.74) is 0.978. The zero-order valence-corrected chi connectivity index (χ0v) is 16.5. The molecule has 0 saturated carbocycles. The first-order valence-corrected chi connectivity index (χ1v) is 8.00. The van der Waals surface area contributed by atoms with Crippen molar-refractivity contribution >= 4 is 35.9 Å². The number of guanidine groups is 1. The van der Waals surface area contributed by atoms with Crippen LogP contribution in [0.25, 0.3) is 0 Å². The summed E-state index contributed by atoms with van der Waals surface area (Å²) in [7, 11) is 1.72. The SMILES string of the molecule is CCOC(=O)C1CCCN(C(=NC)NCc2ccc(F)cc2)C1.I. The molecule has 0 aromatic heterocycles. The van der Waals surface area contributed by atoms with Crippen molar-refractivity contribution in [2.24, 2.45) is 10.9 Å². The van der Waals surface area contributed by atoms with Crippen LogP contribution in [0.4, 0.5) is 4.39 Å². The van der Waals surface area contributed by atoms with Crippen molar-refractivity contribution < 1.29 is 13.9 Å². The minimum absolute atomic E-state index is 0. The number of nitrogens with zero attached hydrogens (tertiary/aromatic N) is 2. The number of ether oxygens (including phenoxy) is 1. The lowest BCUT2D eigenvalue weighted by Gasteiger charge is -2.34. The van der Waals surface area contributed by atoms with E-state index in [4.69, 9.17) is 4.74 Å². The third-order valence-electron chi connectivity index (χ3n) is 3.92. The molecular formula is C17H25FIN3O2. The highest BCUT2D eigenvalue weighted by atomic mass is 127. The van der Waals surface area contributed by atoms with Gasteiger partial charge in [-0.25, -0.2) is 4.39 Å². The van der Waals surface area contributed by atoms with E-state index in [0.717, 1.165) is 30.9 Å². The predicted octanol–water partition coefficient (Wildman–Crippen LogP) is 2.79. The van der Waals surface area contributed by atoms with E-state index in [0.29, 0.717) is 19.7 Å². The minimum Gasteiger partial charge on any atom is -0.466 e. The molecule has 1 atom stereocenters. The van der Waals surface area contributed by atoms with Crippen LogP contribution in [-0.4, -0.2) is 43.6 Å². The van der Waals surface area contributed by atoms with E-state index < -0.39 is 0 Å². The lowest BCUT2D eigenvalue weighted by Crippen LogP contribution is -2.48. The van der Waals surface area contributed by atoms with Crippen LogP contribution in [0.2, 0.25) is 0 Å². The van der Waals surface area contributed by atoms with Gasteiger partial charge < -0.3 is 15.0 Å². The molecule has 2 rings (SSSR count). The third-order valence-corrected chi connectivity index (χ3v) is 3.92. The van der Waals surface area contributed by atoms with Gasteiger partial charge in [0, 0.05) is 26.7 Å². The Bertz CT molecular complexity index is 551. The highest BCUT2D eigenvalue weighted by Crippen LogP contribution is 2.18. The Morgan fingerprint density at radius 1 is 1.42 bits per heavy atom. The summed E-state index contributed by atoms with van der Waals surface area (Å²) in [6.07, 6.45) is 1.78. The number of likely N-dealkylation sites (tertiary alicyclic amines) is 1. The Hall–Kier alpha value is -1.38. The Kier molecular flexibility index (Phi) is 9.02. The van der Waals surface area contributed by atoms with E-state index in [2.05, 4.69) is 15.2 Å². The highest BCUT2D eigenvalue weighted by Gasteiger charge is 2.28. The number of esters is 1. The predicted molar refractivity (Wildman–Crippen MR) is 103 cm³/mol. The summed E-state index contributed by atoms with van der Waals surface area (Å²) in [5.74, 6) is 0.272. The van der Waals surface area contributed by atoms with E-state index in [9.17, 15) is 9.18 Å². The number of benzene rings is 1. The zero-order chi connectivity index (χ0) is 16.7. The molecule has 1 saturated heterocycles. The average molecular weight is 449 g/mol. The molecular weight excluding hydrogens is 424 g/mol. The van der Waals surface area contributed by atoms with Gasteiger partial charge in [0.25, 0.3) is 0 Å². The van der Waals surface area contributed by atoms with Gasteiger partial charge in [-0.2, -0.15) is 0 Å². The molecule has 0 amide bonds. The van der Waals surface area contributed by atoms with Gasteiger partial charge in [-0.1, -0.05) is 12.1 Å². The second kappa shape index (κ2) is 10.5.